The lowest BCUT2D eigenvalue weighted by Crippen LogP contribution is -2.45. The maximum Gasteiger partial charge on any atom is 0.290 e. The third kappa shape index (κ3) is 7.98. The molecule has 3 saturated heterocycles. The van der Waals surface area contributed by atoms with Gasteiger partial charge in [-0.2, -0.15) is 0 Å². The number of aryl methyl sites for hydroxylation is 1. The normalized spacial score (nSPS) is 25.0. The lowest BCUT2D eigenvalue weighted by Gasteiger charge is -2.36. The van der Waals surface area contributed by atoms with Crippen molar-refractivity contribution >= 4 is 12.9 Å². The Morgan fingerprint density at radius 2 is 1.54 bits per heavy atom. The number of ether oxygens (including phenoxy) is 1. The summed E-state index contributed by atoms with van der Waals surface area (Å²) in [6, 6.07) is 4.76. The zero-order chi connectivity index (χ0) is 25.8. The zero-order valence-corrected chi connectivity index (χ0v) is 21.5. The summed E-state index contributed by atoms with van der Waals surface area (Å²) in [6.07, 6.45) is 1.08. The Balaban J connectivity index is 0.000000655. The number of piperazine rings is 1. The maximum atomic E-state index is 10.1. The van der Waals surface area contributed by atoms with Gasteiger partial charge in [0.05, 0.1) is 13.2 Å². The predicted molar refractivity (Wildman–Crippen MR) is 134 cm³/mol. The molecule has 3 aliphatic heterocycles. The van der Waals surface area contributed by atoms with Gasteiger partial charge in [0, 0.05) is 64.4 Å². The van der Waals surface area contributed by atoms with E-state index in [0.717, 1.165) is 39.2 Å². The molecule has 0 radical (unpaired) electrons. The number of benzene rings is 1. The van der Waals surface area contributed by atoms with Crippen molar-refractivity contribution in [1.82, 2.24) is 14.7 Å². The number of hydrogen-bond donors (Lipinski definition) is 3. The highest BCUT2D eigenvalue weighted by Crippen LogP contribution is 2.41. The van der Waals surface area contributed by atoms with E-state index in [1.807, 2.05) is 0 Å². The van der Waals surface area contributed by atoms with E-state index in [2.05, 4.69) is 47.6 Å². The number of carbonyl (C=O) groups is 2. The van der Waals surface area contributed by atoms with Crippen molar-refractivity contribution in [2.24, 2.45) is 11.3 Å². The predicted octanol–water partition coefficient (Wildman–Crippen LogP) is 1.67. The second kappa shape index (κ2) is 14.5. The van der Waals surface area contributed by atoms with Crippen molar-refractivity contribution in [3.05, 3.63) is 34.4 Å². The van der Waals surface area contributed by atoms with Gasteiger partial charge in [-0.25, -0.2) is 0 Å². The SMILES string of the molecule is CCN1CCN(Cc2cc(C)cc(CN3C[C@@H]4CCOC[C@]4(CO)C3)c2C)CC1.O=CO.O=CO. The molecule has 0 unspecified atom stereocenters. The second-order valence-corrected chi connectivity index (χ2v) is 9.86. The van der Waals surface area contributed by atoms with Gasteiger partial charge in [0.25, 0.3) is 12.9 Å². The number of carboxylic acid groups (broad SMARTS) is 2. The van der Waals surface area contributed by atoms with Crippen LogP contribution in [0.25, 0.3) is 0 Å². The first kappa shape index (κ1) is 29.2. The van der Waals surface area contributed by atoms with Crippen LogP contribution in [0, 0.1) is 25.2 Å². The van der Waals surface area contributed by atoms with E-state index in [0.29, 0.717) is 12.5 Å². The van der Waals surface area contributed by atoms with Crippen LogP contribution in [0.15, 0.2) is 12.1 Å². The highest BCUT2D eigenvalue weighted by atomic mass is 16.5. The number of fused-ring (bicyclic) bond motifs is 1. The fourth-order valence-electron chi connectivity index (χ4n) is 5.64. The van der Waals surface area contributed by atoms with Gasteiger partial charge in [0.2, 0.25) is 0 Å². The van der Waals surface area contributed by atoms with Crippen molar-refractivity contribution in [3.8, 4) is 0 Å². The molecule has 35 heavy (non-hydrogen) atoms. The molecule has 3 N–H and O–H groups in total. The first-order valence-electron chi connectivity index (χ1n) is 12.5. The summed E-state index contributed by atoms with van der Waals surface area (Å²) in [6.45, 7) is 18.1. The maximum absolute atomic E-state index is 10.1. The van der Waals surface area contributed by atoms with Crippen LogP contribution in [0.5, 0.6) is 0 Å². The van der Waals surface area contributed by atoms with E-state index < -0.39 is 0 Å². The fraction of sp³-hybridized carbons (Fsp3) is 0.692. The molecule has 0 aliphatic carbocycles. The summed E-state index contributed by atoms with van der Waals surface area (Å²) in [5, 5.41) is 23.9. The topological polar surface area (TPSA) is 114 Å². The highest BCUT2D eigenvalue weighted by molar-refractivity contribution is 5.38. The van der Waals surface area contributed by atoms with Gasteiger partial charge in [-0.3, -0.25) is 19.4 Å². The van der Waals surface area contributed by atoms with E-state index in [9.17, 15) is 5.11 Å². The molecule has 3 aliphatic rings. The number of aliphatic hydroxyl groups excluding tert-OH is 1. The van der Waals surface area contributed by atoms with Crippen molar-refractivity contribution in [2.45, 2.75) is 40.3 Å². The number of aliphatic hydroxyl groups is 1. The second-order valence-electron chi connectivity index (χ2n) is 9.86. The molecule has 0 aromatic heterocycles. The summed E-state index contributed by atoms with van der Waals surface area (Å²) >= 11 is 0. The lowest BCUT2D eigenvalue weighted by atomic mass is 9.76. The first-order valence-corrected chi connectivity index (χ1v) is 12.5. The van der Waals surface area contributed by atoms with Crippen LogP contribution in [-0.2, 0) is 27.4 Å². The fourth-order valence-corrected chi connectivity index (χ4v) is 5.64. The van der Waals surface area contributed by atoms with Crippen LogP contribution in [0.2, 0.25) is 0 Å². The van der Waals surface area contributed by atoms with Crippen LogP contribution >= 0.6 is 0 Å². The van der Waals surface area contributed by atoms with E-state index in [1.54, 1.807) is 0 Å². The third-order valence-corrected chi connectivity index (χ3v) is 7.67. The smallest absolute Gasteiger partial charge is 0.290 e. The molecule has 4 rings (SSSR count). The van der Waals surface area contributed by atoms with Gasteiger partial charge in [-0.05, 0) is 49.4 Å². The lowest BCUT2D eigenvalue weighted by molar-refractivity contribution is -0.123. The van der Waals surface area contributed by atoms with Crippen molar-refractivity contribution in [2.75, 3.05) is 65.6 Å². The van der Waals surface area contributed by atoms with E-state index in [-0.39, 0.29) is 25.0 Å². The molecule has 3 heterocycles. The molecule has 198 valence electrons. The molecule has 9 heteroatoms. The number of rotatable bonds is 6. The van der Waals surface area contributed by atoms with Gasteiger partial charge >= 0.3 is 0 Å². The molecule has 0 amide bonds. The monoisotopic (exact) mass is 493 g/mol. The molecule has 1 aromatic rings. The molecule has 0 saturated carbocycles. The average molecular weight is 494 g/mol. The summed E-state index contributed by atoms with van der Waals surface area (Å²) in [5.74, 6) is 0.570. The number of likely N-dealkylation sites (N-methyl/N-ethyl adjacent to an activating group) is 1. The van der Waals surface area contributed by atoms with Crippen molar-refractivity contribution < 1.29 is 29.6 Å². The Labute approximate surface area is 209 Å². The molecule has 3 fully saturated rings. The van der Waals surface area contributed by atoms with Crippen LogP contribution in [0.1, 0.15) is 35.6 Å². The Morgan fingerprint density at radius 3 is 2.06 bits per heavy atom. The molecule has 0 spiro atoms. The van der Waals surface area contributed by atoms with E-state index in [1.165, 1.54) is 55.0 Å². The molecular weight excluding hydrogens is 450 g/mol. The Kier molecular flexibility index (Phi) is 12.1. The van der Waals surface area contributed by atoms with Gasteiger partial charge in [0.15, 0.2) is 0 Å². The van der Waals surface area contributed by atoms with Gasteiger partial charge < -0.3 is 25.0 Å². The van der Waals surface area contributed by atoms with Gasteiger partial charge in [0.1, 0.15) is 0 Å². The average Bonchev–Trinajstić information content (AvgIpc) is 3.22. The third-order valence-electron chi connectivity index (χ3n) is 7.67. The van der Waals surface area contributed by atoms with Crippen LogP contribution in [0.3, 0.4) is 0 Å². The summed E-state index contributed by atoms with van der Waals surface area (Å²) in [7, 11) is 0. The van der Waals surface area contributed by atoms with Crippen molar-refractivity contribution in [1.29, 1.82) is 0 Å². The molecule has 1 aromatic carbocycles. The number of hydrogen-bond acceptors (Lipinski definition) is 7. The Hall–Kier alpha value is -2.04. The minimum Gasteiger partial charge on any atom is -0.483 e. The van der Waals surface area contributed by atoms with E-state index in [4.69, 9.17) is 24.5 Å². The number of nitrogens with zero attached hydrogens (tertiary/aromatic N) is 3. The first-order chi connectivity index (χ1) is 16.9. The molecule has 0 bridgehead atoms. The van der Waals surface area contributed by atoms with Gasteiger partial charge in [-0.1, -0.05) is 24.6 Å². The summed E-state index contributed by atoms with van der Waals surface area (Å²) in [5.41, 5.74) is 5.72. The Morgan fingerprint density at radius 1 is 1.00 bits per heavy atom. The Bertz CT molecular complexity index is 794. The molecule has 9 nitrogen and oxygen atoms in total. The zero-order valence-electron chi connectivity index (χ0n) is 21.5. The van der Waals surface area contributed by atoms with Crippen molar-refractivity contribution in [3.63, 3.8) is 0 Å². The van der Waals surface area contributed by atoms with Crippen LogP contribution in [0.4, 0.5) is 0 Å². The van der Waals surface area contributed by atoms with E-state index >= 15 is 0 Å². The minimum atomic E-state index is -0.250. The number of likely N-dealkylation sites (tertiary alicyclic amines) is 1. The van der Waals surface area contributed by atoms with Gasteiger partial charge in [-0.15, -0.1) is 0 Å². The van der Waals surface area contributed by atoms with Crippen LogP contribution < -0.4 is 0 Å². The van der Waals surface area contributed by atoms with Crippen LogP contribution in [-0.4, -0.2) is 109 Å². The molecular formula is C26H43N3O6. The molecule has 2 atom stereocenters. The largest absolute Gasteiger partial charge is 0.483 e. The summed E-state index contributed by atoms with van der Waals surface area (Å²) in [4.78, 5) is 24.4. The quantitative estimate of drug-likeness (QED) is 0.509. The standard InChI is InChI=1S/C24H39N3O2.2CH2O2/c1-4-25-6-8-26(9-7-25)13-21-11-19(2)12-22(20(21)3)14-27-15-23-5-10-29-18-24(23,16-27)17-28;2*2-1-3/h11-12,23,28H,4-10,13-18H2,1-3H3;2*1H,(H,2,3)/t23-,24+;;/m0../s1. The summed E-state index contributed by atoms with van der Waals surface area (Å²) < 4.78 is 5.74. The minimum absolute atomic E-state index is 0.0439. The highest BCUT2D eigenvalue weighted by Gasteiger charge is 2.48.